The van der Waals surface area contributed by atoms with Gasteiger partial charge in [0.15, 0.2) is 0 Å². The largest absolute Gasteiger partial charge is 0.478 e. The minimum atomic E-state index is -1.17. The maximum atomic E-state index is 12.7. The molecule has 1 aromatic heterocycles. The van der Waals surface area contributed by atoms with E-state index in [1.54, 1.807) is 54.6 Å². The van der Waals surface area contributed by atoms with E-state index in [1.165, 1.54) is 4.57 Å². The summed E-state index contributed by atoms with van der Waals surface area (Å²) in [6, 6.07) is 15.3. The average molecular weight is 295 g/mol. The maximum Gasteiger partial charge on any atom is 0.338 e. The number of carboxylic acids is 1. The number of fused-ring (bicyclic) bond motifs is 1. The summed E-state index contributed by atoms with van der Waals surface area (Å²) >= 11 is 0. The highest BCUT2D eigenvalue weighted by molar-refractivity contribution is 6.11. The van der Waals surface area contributed by atoms with Crippen LogP contribution in [-0.2, 0) is 6.61 Å². The Hall–Kier alpha value is -2.92. The van der Waals surface area contributed by atoms with Gasteiger partial charge in [0.2, 0.25) is 0 Å². The van der Waals surface area contributed by atoms with Crippen LogP contribution in [0.4, 0.5) is 0 Å². The lowest BCUT2D eigenvalue weighted by Gasteiger charge is -2.08. The number of nitrogens with zero attached hydrogens (tertiary/aromatic N) is 1. The summed E-state index contributed by atoms with van der Waals surface area (Å²) < 4.78 is 1.27. The van der Waals surface area contributed by atoms with E-state index in [9.17, 15) is 19.8 Å². The van der Waals surface area contributed by atoms with E-state index in [4.69, 9.17) is 0 Å². The number of hydrogen-bond donors (Lipinski definition) is 2. The van der Waals surface area contributed by atoms with E-state index in [0.29, 0.717) is 16.5 Å². The summed E-state index contributed by atoms with van der Waals surface area (Å²) in [7, 11) is 0. The quantitative estimate of drug-likeness (QED) is 0.778. The van der Waals surface area contributed by atoms with Crippen molar-refractivity contribution in [3.05, 3.63) is 71.4 Å². The van der Waals surface area contributed by atoms with E-state index in [0.717, 1.165) is 0 Å². The lowest BCUT2D eigenvalue weighted by atomic mass is 10.1. The van der Waals surface area contributed by atoms with Crippen molar-refractivity contribution in [2.75, 3.05) is 0 Å². The fraction of sp³-hybridized carbons (Fsp3) is 0.0588. The van der Waals surface area contributed by atoms with E-state index in [-0.39, 0.29) is 17.2 Å². The van der Waals surface area contributed by atoms with Crippen molar-refractivity contribution in [1.82, 2.24) is 4.57 Å². The van der Waals surface area contributed by atoms with Crippen LogP contribution in [0.5, 0.6) is 0 Å². The van der Waals surface area contributed by atoms with Crippen LogP contribution in [-0.4, -0.2) is 26.7 Å². The minimum absolute atomic E-state index is 0.0395. The van der Waals surface area contributed by atoms with E-state index in [2.05, 4.69) is 0 Å². The van der Waals surface area contributed by atoms with Gasteiger partial charge in [-0.1, -0.05) is 36.4 Å². The molecule has 0 atom stereocenters. The van der Waals surface area contributed by atoms with Crippen LogP contribution in [0, 0.1) is 0 Å². The van der Waals surface area contributed by atoms with Crippen molar-refractivity contribution in [3.63, 3.8) is 0 Å². The van der Waals surface area contributed by atoms with Gasteiger partial charge in [0.1, 0.15) is 0 Å². The van der Waals surface area contributed by atoms with Crippen molar-refractivity contribution in [2.24, 2.45) is 0 Å². The normalized spacial score (nSPS) is 10.8. The topological polar surface area (TPSA) is 79.5 Å². The van der Waals surface area contributed by atoms with Crippen LogP contribution in [0.2, 0.25) is 0 Å². The molecule has 0 radical (unpaired) electrons. The number of aromatic carboxylic acids is 1. The molecule has 0 fully saturated rings. The number of aliphatic hydroxyl groups is 1. The highest BCUT2D eigenvalue weighted by atomic mass is 16.4. The van der Waals surface area contributed by atoms with Crippen molar-refractivity contribution in [1.29, 1.82) is 0 Å². The van der Waals surface area contributed by atoms with Crippen LogP contribution < -0.4 is 0 Å². The van der Waals surface area contributed by atoms with Gasteiger partial charge < -0.3 is 10.2 Å². The van der Waals surface area contributed by atoms with Gasteiger partial charge in [0, 0.05) is 10.9 Å². The molecule has 0 bridgehead atoms. The molecule has 0 saturated heterocycles. The zero-order valence-corrected chi connectivity index (χ0v) is 11.6. The molecule has 5 heteroatoms. The first kappa shape index (κ1) is 14.0. The second-order valence-corrected chi connectivity index (χ2v) is 4.81. The Kier molecular flexibility index (Phi) is 3.48. The molecule has 0 aliphatic carbocycles. The Morgan fingerprint density at radius 2 is 1.59 bits per heavy atom. The molecule has 0 saturated carbocycles. The van der Waals surface area contributed by atoms with Gasteiger partial charge in [-0.15, -0.1) is 0 Å². The van der Waals surface area contributed by atoms with Gasteiger partial charge in [-0.25, -0.2) is 4.79 Å². The molecule has 110 valence electrons. The monoisotopic (exact) mass is 295 g/mol. The zero-order valence-electron chi connectivity index (χ0n) is 11.6. The van der Waals surface area contributed by atoms with Crippen LogP contribution in [0.3, 0.4) is 0 Å². The fourth-order valence-corrected chi connectivity index (χ4v) is 2.62. The van der Waals surface area contributed by atoms with E-state index >= 15 is 0 Å². The molecule has 0 spiro atoms. The fourth-order valence-electron chi connectivity index (χ4n) is 2.62. The predicted octanol–water partition coefficient (Wildman–Crippen LogP) is 2.52. The number of aliphatic hydroxyl groups excluding tert-OH is 1. The first-order valence-corrected chi connectivity index (χ1v) is 6.71. The SMILES string of the molecule is O=C(O)c1c(CO)n(C(=O)c2ccccc2)c2ccccc12. The number of aromatic nitrogens is 1. The molecule has 0 aliphatic rings. The lowest BCUT2D eigenvalue weighted by molar-refractivity contribution is 0.0695. The number of para-hydroxylation sites is 1. The minimum Gasteiger partial charge on any atom is -0.478 e. The van der Waals surface area contributed by atoms with Crippen molar-refractivity contribution in [3.8, 4) is 0 Å². The van der Waals surface area contributed by atoms with Crippen LogP contribution >= 0.6 is 0 Å². The molecular formula is C17H13NO4. The molecule has 0 aliphatic heterocycles. The molecule has 0 unspecified atom stereocenters. The van der Waals surface area contributed by atoms with Gasteiger partial charge in [-0.2, -0.15) is 0 Å². The first-order valence-electron chi connectivity index (χ1n) is 6.71. The van der Waals surface area contributed by atoms with Gasteiger partial charge >= 0.3 is 5.97 Å². The van der Waals surface area contributed by atoms with Crippen LogP contribution in [0.1, 0.15) is 26.4 Å². The number of carbonyl (C=O) groups is 2. The molecule has 0 amide bonds. The summed E-state index contributed by atoms with van der Waals surface area (Å²) in [4.78, 5) is 24.3. The Labute approximate surface area is 126 Å². The summed E-state index contributed by atoms with van der Waals surface area (Å²) in [6.07, 6.45) is 0. The number of carboxylic acid groups (broad SMARTS) is 1. The van der Waals surface area contributed by atoms with E-state index < -0.39 is 12.6 Å². The van der Waals surface area contributed by atoms with Crippen molar-refractivity contribution >= 4 is 22.8 Å². The number of hydrogen-bond acceptors (Lipinski definition) is 3. The second-order valence-electron chi connectivity index (χ2n) is 4.81. The molecule has 3 rings (SSSR count). The summed E-state index contributed by atoms with van der Waals surface area (Å²) in [6.45, 7) is -0.533. The second kappa shape index (κ2) is 5.46. The third kappa shape index (κ3) is 2.08. The Morgan fingerprint density at radius 3 is 2.23 bits per heavy atom. The zero-order chi connectivity index (χ0) is 15.7. The Bertz CT molecular complexity index is 865. The molecule has 2 aromatic carbocycles. The van der Waals surface area contributed by atoms with Crippen molar-refractivity contribution in [2.45, 2.75) is 6.61 Å². The third-order valence-corrected chi connectivity index (χ3v) is 3.56. The Balaban J connectivity index is 2.34. The standard InChI is InChI=1S/C17H13NO4/c19-10-14-15(17(21)22)12-8-4-5-9-13(12)18(14)16(20)11-6-2-1-3-7-11/h1-9,19H,10H2,(H,21,22). The maximum absolute atomic E-state index is 12.7. The smallest absolute Gasteiger partial charge is 0.338 e. The molecular weight excluding hydrogens is 282 g/mol. The molecule has 2 N–H and O–H groups in total. The summed E-state index contributed by atoms with van der Waals surface area (Å²) in [5.74, 6) is -1.53. The molecule has 22 heavy (non-hydrogen) atoms. The highest BCUT2D eigenvalue weighted by Crippen LogP contribution is 2.27. The van der Waals surface area contributed by atoms with Crippen molar-refractivity contribution < 1.29 is 19.8 Å². The number of benzene rings is 2. The lowest BCUT2D eigenvalue weighted by Crippen LogP contribution is -2.16. The van der Waals surface area contributed by atoms with Gasteiger partial charge in [-0.05, 0) is 18.2 Å². The number of carbonyl (C=O) groups excluding carboxylic acids is 1. The molecule has 3 aromatic rings. The highest BCUT2D eigenvalue weighted by Gasteiger charge is 2.25. The molecule has 1 heterocycles. The summed E-state index contributed by atoms with van der Waals surface area (Å²) in [5, 5.41) is 19.5. The van der Waals surface area contributed by atoms with E-state index in [1.807, 2.05) is 0 Å². The van der Waals surface area contributed by atoms with Crippen LogP contribution in [0.15, 0.2) is 54.6 Å². The third-order valence-electron chi connectivity index (χ3n) is 3.56. The summed E-state index contributed by atoms with van der Waals surface area (Å²) in [5.41, 5.74) is 0.942. The average Bonchev–Trinajstić information content (AvgIpc) is 2.89. The molecule has 5 nitrogen and oxygen atoms in total. The van der Waals surface area contributed by atoms with Crippen LogP contribution in [0.25, 0.3) is 10.9 Å². The van der Waals surface area contributed by atoms with Gasteiger partial charge in [0.25, 0.3) is 5.91 Å². The van der Waals surface area contributed by atoms with Gasteiger partial charge in [-0.3, -0.25) is 9.36 Å². The van der Waals surface area contributed by atoms with Gasteiger partial charge in [0.05, 0.1) is 23.4 Å². The Morgan fingerprint density at radius 1 is 0.955 bits per heavy atom. The number of rotatable bonds is 3. The first-order chi connectivity index (χ1) is 10.6. The predicted molar refractivity (Wildman–Crippen MR) is 81.0 cm³/mol.